The van der Waals surface area contributed by atoms with Crippen LogP contribution < -0.4 is 10.6 Å². The van der Waals surface area contributed by atoms with Gasteiger partial charge in [-0.1, -0.05) is 13.8 Å². The van der Waals surface area contributed by atoms with Gasteiger partial charge in [-0.05, 0) is 12.8 Å². The van der Waals surface area contributed by atoms with E-state index in [9.17, 15) is 9.59 Å². The monoisotopic (exact) mass is 230 g/mol. The van der Waals surface area contributed by atoms with Crippen molar-refractivity contribution in [3.05, 3.63) is 0 Å². The number of amides is 2. The zero-order valence-electron chi connectivity index (χ0n) is 10.3. The zero-order chi connectivity index (χ0) is 12.4. The summed E-state index contributed by atoms with van der Waals surface area (Å²) < 4.78 is 5.06. The largest absolute Gasteiger partial charge is 0.380 e. The van der Waals surface area contributed by atoms with Crippen molar-refractivity contribution in [2.24, 2.45) is 5.92 Å². The summed E-state index contributed by atoms with van der Waals surface area (Å²) in [5.41, 5.74) is 0. The van der Waals surface area contributed by atoms with Gasteiger partial charge in [-0.2, -0.15) is 0 Å². The van der Waals surface area contributed by atoms with Gasteiger partial charge in [0.05, 0.1) is 13.2 Å². The Labute approximate surface area is 96.9 Å². The molecule has 0 heterocycles. The highest BCUT2D eigenvalue weighted by atomic mass is 16.5. The van der Waals surface area contributed by atoms with Crippen LogP contribution in [0.1, 0.15) is 27.2 Å². The molecule has 0 aromatic carbocycles. The molecule has 0 bridgehead atoms. The second-order valence-corrected chi connectivity index (χ2v) is 3.92. The molecule has 0 aliphatic carbocycles. The quantitative estimate of drug-likeness (QED) is 0.589. The highest BCUT2D eigenvalue weighted by Crippen LogP contribution is 1.97. The van der Waals surface area contributed by atoms with E-state index in [0.29, 0.717) is 32.1 Å². The Morgan fingerprint density at radius 3 is 2.44 bits per heavy atom. The number of hydrogen-bond acceptors (Lipinski definition) is 3. The summed E-state index contributed by atoms with van der Waals surface area (Å²) in [6.45, 7) is 7.48. The Bertz CT molecular complexity index is 217. The lowest BCUT2D eigenvalue weighted by Gasteiger charge is -2.08. The van der Waals surface area contributed by atoms with Crippen molar-refractivity contribution < 1.29 is 14.3 Å². The van der Waals surface area contributed by atoms with Gasteiger partial charge < -0.3 is 15.4 Å². The molecule has 0 unspecified atom stereocenters. The minimum absolute atomic E-state index is 0.0394. The molecule has 16 heavy (non-hydrogen) atoms. The van der Waals surface area contributed by atoms with Crippen LogP contribution in [0.15, 0.2) is 0 Å². The molecule has 5 nitrogen and oxygen atoms in total. The predicted molar refractivity (Wildman–Crippen MR) is 62.0 cm³/mol. The maximum Gasteiger partial charge on any atom is 0.239 e. The molecule has 0 aliphatic heterocycles. The summed E-state index contributed by atoms with van der Waals surface area (Å²) in [5, 5.41) is 5.21. The third kappa shape index (κ3) is 9.45. The predicted octanol–water partition coefficient (Wildman–Crippen LogP) is 0.301. The summed E-state index contributed by atoms with van der Waals surface area (Å²) >= 11 is 0. The summed E-state index contributed by atoms with van der Waals surface area (Å²) in [7, 11) is 0. The molecule has 0 atom stereocenters. The molecule has 0 aromatic heterocycles. The molecule has 5 heteroatoms. The average molecular weight is 230 g/mol. The summed E-state index contributed by atoms with van der Waals surface area (Å²) in [6.07, 6.45) is 0.451. The van der Waals surface area contributed by atoms with E-state index in [-0.39, 0.29) is 18.4 Å². The van der Waals surface area contributed by atoms with Crippen LogP contribution in [-0.4, -0.2) is 38.1 Å². The van der Waals surface area contributed by atoms with Gasteiger partial charge in [0.15, 0.2) is 0 Å². The lowest BCUT2D eigenvalue weighted by atomic mass is 10.1. The Balaban J connectivity index is 3.46. The number of carbonyl (C=O) groups excluding carboxylic acids is 2. The maximum absolute atomic E-state index is 11.2. The van der Waals surface area contributed by atoms with Crippen LogP contribution in [-0.2, 0) is 14.3 Å². The van der Waals surface area contributed by atoms with E-state index < -0.39 is 0 Å². The lowest BCUT2D eigenvalue weighted by molar-refractivity contribution is -0.126. The molecule has 2 N–H and O–H groups in total. The van der Waals surface area contributed by atoms with Gasteiger partial charge in [-0.15, -0.1) is 0 Å². The van der Waals surface area contributed by atoms with Crippen molar-refractivity contribution in [3.63, 3.8) is 0 Å². The number of hydrogen-bond donors (Lipinski definition) is 2. The first-order valence-electron chi connectivity index (χ1n) is 5.67. The number of carbonyl (C=O) groups is 2. The van der Waals surface area contributed by atoms with E-state index in [0.717, 1.165) is 0 Å². The second kappa shape index (κ2) is 9.15. The molecule has 0 saturated carbocycles. The SMILES string of the molecule is CCOCCNC(=O)CNC(=O)CC(C)C. The van der Waals surface area contributed by atoms with E-state index in [1.54, 1.807) is 0 Å². The molecule has 0 fully saturated rings. The first kappa shape index (κ1) is 14.9. The minimum atomic E-state index is -0.184. The fraction of sp³-hybridized carbons (Fsp3) is 0.818. The molecule has 0 radical (unpaired) electrons. The Morgan fingerprint density at radius 1 is 1.19 bits per heavy atom. The Hall–Kier alpha value is -1.10. The topological polar surface area (TPSA) is 67.4 Å². The number of nitrogens with one attached hydrogen (secondary N) is 2. The minimum Gasteiger partial charge on any atom is -0.380 e. The standard InChI is InChI=1S/C11H22N2O3/c1-4-16-6-5-12-11(15)8-13-10(14)7-9(2)3/h9H,4-8H2,1-3H3,(H,12,15)(H,13,14). The van der Waals surface area contributed by atoms with Crippen molar-refractivity contribution >= 4 is 11.8 Å². The number of ether oxygens (including phenoxy) is 1. The molecular formula is C11H22N2O3. The Kier molecular flexibility index (Phi) is 8.52. The molecule has 0 saturated heterocycles. The van der Waals surface area contributed by atoms with Gasteiger partial charge in [0.2, 0.25) is 11.8 Å². The normalized spacial score (nSPS) is 10.2. The van der Waals surface area contributed by atoms with Crippen LogP contribution >= 0.6 is 0 Å². The number of rotatable bonds is 8. The van der Waals surface area contributed by atoms with Crippen molar-refractivity contribution in [1.29, 1.82) is 0 Å². The van der Waals surface area contributed by atoms with Crippen LogP contribution in [0.2, 0.25) is 0 Å². The van der Waals surface area contributed by atoms with Gasteiger partial charge in [0.1, 0.15) is 0 Å². The molecule has 0 rings (SSSR count). The van der Waals surface area contributed by atoms with Gasteiger partial charge in [-0.25, -0.2) is 0 Å². The van der Waals surface area contributed by atoms with Crippen LogP contribution in [0, 0.1) is 5.92 Å². The average Bonchev–Trinajstić information content (AvgIpc) is 2.20. The highest BCUT2D eigenvalue weighted by molar-refractivity contribution is 5.84. The first-order chi connectivity index (χ1) is 7.56. The molecule has 0 aromatic rings. The fourth-order valence-electron chi connectivity index (χ4n) is 1.09. The smallest absolute Gasteiger partial charge is 0.239 e. The van der Waals surface area contributed by atoms with Crippen molar-refractivity contribution in [2.45, 2.75) is 27.2 Å². The van der Waals surface area contributed by atoms with Gasteiger partial charge >= 0.3 is 0 Å². The molecule has 94 valence electrons. The molecular weight excluding hydrogens is 208 g/mol. The van der Waals surface area contributed by atoms with E-state index in [4.69, 9.17) is 4.74 Å². The van der Waals surface area contributed by atoms with Crippen molar-refractivity contribution in [1.82, 2.24) is 10.6 Å². The summed E-state index contributed by atoms with van der Waals surface area (Å²) in [6, 6.07) is 0. The molecule has 0 spiro atoms. The van der Waals surface area contributed by atoms with Crippen LogP contribution in [0.4, 0.5) is 0 Å². The third-order valence-electron chi connectivity index (χ3n) is 1.81. The summed E-state index contributed by atoms with van der Waals surface area (Å²) in [5.74, 6) is 0.0350. The van der Waals surface area contributed by atoms with Crippen LogP contribution in [0.25, 0.3) is 0 Å². The van der Waals surface area contributed by atoms with E-state index in [1.165, 1.54) is 0 Å². The van der Waals surface area contributed by atoms with Gasteiger partial charge in [-0.3, -0.25) is 9.59 Å². The van der Waals surface area contributed by atoms with Crippen LogP contribution in [0.5, 0.6) is 0 Å². The summed E-state index contributed by atoms with van der Waals surface area (Å²) in [4.78, 5) is 22.4. The van der Waals surface area contributed by atoms with Crippen molar-refractivity contribution in [3.8, 4) is 0 Å². The van der Waals surface area contributed by atoms with Gasteiger partial charge in [0, 0.05) is 19.6 Å². The molecule has 2 amide bonds. The van der Waals surface area contributed by atoms with Crippen LogP contribution in [0.3, 0.4) is 0 Å². The van der Waals surface area contributed by atoms with Gasteiger partial charge in [0.25, 0.3) is 0 Å². The lowest BCUT2D eigenvalue weighted by Crippen LogP contribution is -2.38. The highest BCUT2D eigenvalue weighted by Gasteiger charge is 2.06. The van der Waals surface area contributed by atoms with E-state index >= 15 is 0 Å². The first-order valence-corrected chi connectivity index (χ1v) is 5.67. The van der Waals surface area contributed by atoms with E-state index in [2.05, 4.69) is 10.6 Å². The Morgan fingerprint density at radius 2 is 1.88 bits per heavy atom. The molecule has 0 aliphatic rings. The zero-order valence-corrected chi connectivity index (χ0v) is 10.3. The van der Waals surface area contributed by atoms with Crippen molar-refractivity contribution in [2.75, 3.05) is 26.3 Å². The maximum atomic E-state index is 11.2. The third-order valence-corrected chi connectivity index (χ3v) is 1.81. The second-order valence-electron chi connectivity index (χ2n) is 3.92. The van der Waals surface area contributed by atoms with E-state index in [1.807, 2.05) is 20.8 Å². The fourth-order valence-corrected chi connectivity index (χ4v) is 1.09.